The van der Waals surface area contributed by atoms with Gasteiger partial charge in [0.2, 0.25) is 0 Å². The summed E-state index contributed by atoms with van der Waals surface area (Å²) in [7, 11) is 3.28. The number of carbonyl (C=O) groups excluding carboxylic acids is 1. The molecule has 0 aliphatic carbocycles. The van der Waals surface area contributed by atoms with Gasteiger partial charge in [0.05, 0.1) is 26.9 Å². The fraction of sp³-hybridized carbons (Fsp3) is 0.611. The fourth-order valence-electron chi connectivity index (χ4n) is 3.15. The Morgan fingerprint density at radius 1 is 1.26 bits per heavy atom. The largest absolute Gasteiger partial charge is 0.493 e. The lowest BCUT2D eigenvalue weighted by Gasteiger charge is -2.37. The summed E-state index contributed by atoms with van der Waals surface area (Å²) in [5.41, 5.74) is 2.35. The molecule has 1 atom stereocenters. The van der Waals surface area contributed by atoms with Gasteiger partial charge >= 0.3 is 6.09 Å². The van der Waals surface area contributed by atoms with Crippen molar-refractivity contribution in [3.8, 4) is 11.5 Å². The van der Waals surface area contributed by atoms with Crippen molar-refractivity contribution >= 4 is 6.09 Å². The smallest absolute Gasteiger partial charge is 0.410 e. The molecule has 128 valence electrons. The zero-order valence-corrected chi connectivity index (χ0v) is 14.7. The topological polar surface area (TPSA) is 48.0 Å². The number of hydrogen-bond donors (Lipinski definition) is 0. The first-order chi connectivity index (χ1) is 11.0. The summed E-state index contributed by atoms with van der Waals surface area (Å²) in [6.45, 7) is 7.22. The van der Waals surface area contributed by atoms with Crippen molar-refractivity contribution in [1.82, 2.24) is 4.90 Å². The van der Waals surface area contributed by atoms with E-state index in [9.17, 15) is 4.79 Å². The molecule has 5 heteroatoms. The summed E-state index contributed by atoms with van der Waals surface area (Å²) >= 11 is 0. The van der Waals surface area contributed by atoms with Gasteiger partial charge in [-0.05, 0) is 48.9 Å². The Morgan fingerprint density at radius 3 is 2.48 bits per heavy atom. The van der Waals surface area contributed by atoms with Crippen molar-refractivity contribution in [1.29, 1.82) is 0 Å². The molecule has 0 bridgehead atoms. The Balaban J connectivity index is 2.43. The molecule has 23 heavy (non-hydrogen) atoms. The summed E-state index contributed by atoms with van der Waals surface area (Å²) in [6.07, 6.45) is 1.45. The van der Waals surface area contributed by atoms with Crippen LogP contribution in [0.3, 0.4) is 0 Å². The van der Waals surface area contributed by atoms with Gasteiger partial charge in [-0.15, -0.1) is 0 Å². The van der Waals surface area contributed by atoms with Gasteiger partial charge < -0.3 is 19.1 Å². The van der Waals surface area contributed by atoms with Crippen LogP contribution in [0.15, 0.2) is 12.1 Å². The van der Waals surface area contributed by atoms with E-state index in [1.807, 2.05) is 24.0 Å². The zero-order valence-electron chi connectivity index (χ0n) is 14.7. The van der Waals surface area contributed by atoms with Crippen LogP contribution in [0.4, 0.5) is 4.79 Å². The highest BCUT2D eigenvalue weighted by Gasteiger charge is 2.33. The zero-order chi connectivity index (χ0) is 17.0. The predicted octanol–water partition coefficient (Wildman–Crippen LogP) is 3.81. The maximum absolute atomic E-state index is 12.3. The first-order valence-corrected chi connectivity index (χ1v) is 8.19. The number of hydrogen-bond acceptors (Lipinski definition) is 4. The molecule has 1 unspecified atom stereocenters. The molecule has 1 aromatic rings. The first kappa shape index (κ1) is 17.4. The molecule has 0 spiro atoms. The SMILES string of the molecule is CCOC(=O)N1CCc2cc(OC)c(OC)cc2C1CC(C)C. The second-order valence-electron chi connectivity index (χ2n) is 6.19. The Bertz CT molecular complexity index is 556. The van der Waals surface area contributed by atoms with Gasteiger partial charge in [-0.3, -0.25) is 0 Å². The lowest BCUT2D eigenvalue weighted by atomic mass is 9.87. The van der Waals surface area contributed by atoms with Gasteiger partial charge in [0, 0.05) is 6.54 Å². The van der Waals surface area contributed by atoms with Gasteiger partial charge in [0.25, 0.3) is 0 Å². The van der Waals surface area contributed by atoms with E-state index in [0.29, 0.717) is 24.8 Å². The normalized spacial score (nSPS) is 17.0. The van der Waals surface area contributed by atoms with Crippen molar-refractivity contribution < 1.29 is 19.0 Å². The van der Waals surface area contributed by atoms with E-state index in [2.05, 4.69) is 13.8 Å². The molecule has 1 aliphatic rings. The molecule has 1 heterocycles. The number of carbonyl (C=O) groups is 1. The van der Waals surface area contributed by atoms with Gasteiger partial charge in [-0.25, -0.2) is 4.79 Å². The summed E-state index contributed by atoms with van der Waals surface area (Å²) < 4.78 is 16.1. The van der Waals surface area contributed by atoms with Crippen LogP contribution < -0.4 is 9.47 Å². The molecule has 1 aliphatic heterocycles. The summed E-state index contributed by atoms with van der Waals surface area (Å²) in [5, 5.41) is 0. The van der Waals surface area contributed by atoms with Crippen LogP contribution in [-0.4, -0.2) is 38.4 Å². The molecule has 1 aromatic carbocycles. The van der Waals surface area contributed by atoms with E-state index in [4.69, 9.17) is 14.2 Å². The molecule has 0 saturated carbocycles. The molecule has 0 aromatic heterocycles. The Hall–Kier alpha value is -1.91. The number of rotatable bonds is 5. The first-order valence-electron chi connectivity index (χ1n) is 8.19. The molecule has 0 saturated heterocycles. The van der Waals surface area contributed by atoms with Gasteiger partial charge in [-0.1, -0.05) is 13.8 Å². The van der Waals surface area contributed by atoms with Crippen LogP contribution in [0, 0.1) is 5.92 Å². The lowest BCUT2D eigenvalue weighted by molar-refractivity contribution is 0.0813. The highest BCUT2D eigenvalue weighted by molar-refractivity contribution is 5.69. The number of amides is 1. The number of methoxy groups -OCH3 is 2. The second-order valence-corrected chi connectivity index (χ2v) is 6.19. The van der Waals surface area contributed by atoms with Crippen molar-refractivity contribution in [3.63, 3.8) is 0 Å². The molecule has 0 N–H and O–H groups in total. The highest BCUT2D eigenvalue weighted by atomic mass is 16.6. The Morgan fingerprint density at radius 2 is 1.91 bits per heavy atom. The Kier molecular flexibility index (Phi) is 5.74. The summed E-state index contributed by atoms with van der Waals surface area (Å²) in [5.74, 6) is 1.90. The van der Waals surface area contributed by atoms with E-state index in [1.165, 1.54) is 5.56 Å². The number of nitrogens with zero attached hydrogens (tertiary/aromatic N) is 1. The summed E-state index contributed by atoms with van der Waals surface area (Å²) in [6, 6.07) is 4.05. The average molecular weight is 321 g/mol. The maximum Gasteiger partial charge on any atom is 0.410 e. The molecule has 0 fully saturated rings. The predicted molar refractivity (Wildman–Crippen MR) is 89.2 cm³/mol. The molecular weight excluding hydrogens is 294 g/mol. The van der Waals surface area contributed by atoms with E-state index in [1.54, 1.807) is 14.2 Å². The molecule has 5 nitrogen and oxygen atoms in total. The van der Waals surface area contributed by atoms with E-state index >= 15 is 0 Å². The second kappa shape index (κ2) is 7.57. The minimum absolute atomic E-state index is 0.0117. The minimum Gasteiger partial charge on any atom is -0.493 e. The van der Waals surface area contributed by atoms with Gasteiger partial charge in [-0.2, -0.15) is 0 Å². The van der Waals surface area contributed by atoms with E-state index in [0.717, 1.165) is 24.2 Å². The molecular formula is C18H27NO4. The van der Waals surface area contributed by atoms with Crippen molar-refractivity contribution in [2.45, 2.75) is 39.7 Å². The average Bonchev–Trinajstić information content (AvgIpc) is 2.53. The van der Waals surface area contributed by atoms with Gasteiger partial charge in [0.1, 0.15) is 0 Å². The van der Waals surface area contributed by atoms with Crippen LogP contribution in [0.2, 0.25) is 0 Å². The molecule has 1 amide bonds. The fourth-order valence-corrected chi connectivity index (χ4v) is 3.15. The lowest BCUT2D eigenvalue weighted by Crippen LogP contribution is -2.41. The van der Waals surface area contributed by atoms with Crippen LogP contribution in [0.25, 0.3) is 0 Å². The van der Waals surface area contributed by atoms with E-state index in [-0.39, 0.29) is 12.1 Å². The van der Waals surface area contributed by atoms with Crippen LogP contribution in [0.5, 0.6) is 11.5 Å². The van der Waals surface area contributed by atoms with Crippen molar-refractivity contribution in [2.24, 2.45) is 5.92 Å². The monoisotopic (exact) mass is 321 g/mol. The molecule has 0 radical (unpaired) electrons. The maximum atomic E-state index is 12.3. The summed E-state index contributed by atoms with van der Waals surface area (Å²) in [4.78, 5) is 14.2. The molecule has 2 rings (SSSR count). The standard InChI is InChI=1S/C18H27NO4/c1-6-23-18(20)19-8-7-13-10-16(21-4)17(22-5)11-14(13)15(19)9-12(2)3/h10-12,15H,6-9H2,1-5H3. The van der Waals surface area contributed by atoms with Crippen LogP contribution in [0.1, 0.15) is 44.4 Å². The third-order valence-corrected chi connectivity index (χ3v) is 4.20. The quantitative estimate of drug-likeness (QED) is 0.827. The minimum atomic E-state index is -0.237. The number of benzene rings is 1. The van der Waals surface area contributed by atoms with Crippen LogP contribution in [-0.2, 0) is 11.2 Å². The third-order valence-electron chi connectivity index (χ3n) is 4.20. The van der Waals surface area contributed by atoms with Crippen molar-refractivity contribution in [2.75, 3.05) is 27.4 Å². The number of ether oxygens (including phenoxy) is 3. The Labute approximate surface area is 138 Å². The van der Waals surface area contributed by atoms with E-state index < -0.39 is 0 Å². The van der Waals surface area contributed by atoms with Crippen molar-refractivity contribution in [3.05, 3.63) is 23.3 Å². The van der Waals surface area contributed by atoms with Crippen LogP contribution >= 0.6 is 0 Å². The third kappa shape index (κ3) is 3.71. The highest BCUT2D eigenvalue weighted by Crippen LogP contribution is 2.40. The van der Waals surface area contributed by atoms with Gasteiger partial charge in [0.15, 0.2) is 11.5 Å². The number of fused-ring (bicyclic) bond motifs is 1.